The summed E-state index contributed by atoms with van der Waals surface area (Å²) in [7, 11) is 3.56. The molecule has 7 nitrogen and oxygen atoms in total. The van der Waals surface area contributed by atoms with Gasteiger partial charge in [-0.3, -0.25) is 14.5 Å². The van der Waals surface area contributed by atoms with Gasteiger partial charge in [-0.05, 0) is 106 Å². The van der Waals surface area contributed by atoms with E-state index < -0.39 is 29.5 Å². The monoisotopic (exact) mass is 610 g/mol. The van der Waals surface area contributed by atoms with E-state index in [-0.39, 0.29) is 16.6 Å². The Morgan fingerprint density at radius 2 is 1.73 bits per heavy atom. The standard InChI is InChI=1S/C27H31NO3.C11H15NO2/c1-24(2)23-21(29)14-19-18-10-9-15-13-17-16-7-5-6-8-20(16)28-22(17)26(15,4)25(18,3)11-12-27(19,30-23)31-24;1-12(2)10(11(13)14)8-9-6-4-3-5-7-9/h5-8,14-15,18,23,28H,9-13H2,1-4H3;3-7,10H,8H2,1-2H3,(H,13,14)/t15?,18?,23?,25?,26-,27?;/m1./s1. The number of likely N-dealkylation sites (N-methyl/N-ethyl adjacent to an activating group) is 1. The molecule has 3 aromatic rings. The summed E-state index contributed by atoms with van der Waals surface area (Å²) in [6, 6.07) is 18.0. The Hall–Kier alpha value is -3.26. The van der Waals surface area contributed by atoms with Crippen LogP contribution >= 0.6 is 0 Å². The summed E-state index contributed by atoms with van der Waals surface area (Å²) < 4.78 is 13.0. The largest absolute Gasteiger partial charge is 0.480 e. The molecule has 3 fully saturated rings. The maximum absolute atomic E-state index is 13.0. The van der Waals surface area contributed by atoms with Crippen LogP contribution in [0, 0.1) is 17.3 Å². The number of carboxylic acid groups (broad SMARTS) is 1. The lowest BCUT2D eigenvalue weighted by Gasteiger charge is -2.61. The Bertz CT molecular complexity index is 1690. The van der Waals surface area contributed by atoms with Gasteiger partial charge in [-0.15, -0.1) is 0 Å². The number of para-hydroxylation sites is 1. The van der Waals surface area contributed by atoms with Crippen molar-refractivity contribution in [1.82, 2.24) is 9.88 Å². The molecule has 3 heterocycles. The minimum atomic E-state index is -0.779. The van der Waals surface area contributed by atoms with E-state index in [2.05, 4.69) is 43.1 Å². The van der Waals surface area contributed by atoms with Gasteiger partial charge in [-0.1, -0.05) is 62.4 Å². The number of carbonyl (C=O) groups is 2. The van der Waals surface area contributed by atoms with Gasteiger partial charge in [0.15, 0.2) is 17.7 Å². The summed E-state index contributed by atoms with van der Waals surface area (Å²) in [6.45, 7) is 8.98. The van der Waals surface area contributed by atoms with Crippen LogP contribution in [0.4, 0.5) is 0 Å². The van der Waals surface area contributed by atoms with E-state index in [1.807, 2.05) is 50.3 Å². The Morgan fingerprint density at radius 3 is 2.44 bits per heavy atom. The van der Waals surface area contributed by atoms with Gasteiger partial charge in [0.05, 0.1) is 0 Å². The van der Waals surface area contributed by atoms with Crippen molar-refractivity contribution in [3.63, 3.8) is 0 Å². The highest BCUT2D eigenvalue weighted by atomic mass is 16.8. The van der Waals surface area contributed by atoms with Gasteiger partial charge < -0.3 is 19.6 Å². The fourth-order valence-corrected chi connectivity index (χ4v) is 9.71. The van der Waals surface area contributed by atoms with Crippen LogP contribution in [0.5, 0.6) is 0 Å². The predicted molar refractivity (Wildman–Crippen MR) is 174 cm³/mol. The van der Waals surface area contributed by atoms with Crippen LogP contribution in [0.25, 0.3) is 10.9 Å². The topological polar surface area (TPSA) is 91.9 Å². The molecule has 3 aliphatic carbocycles. The van der Waals surface area contributed by atoms with E-state index >= 15 is 0 Å². The zero-order chi connectivity index (χ0) is 31.9. The Morgan fingerprint density at radius 1 is 1.02 bits per heavy atom. The molecule has 8 rings (SSSR count). The summed E-state index contributed by atoms with van der Waals surface area (Å²) >= 11 is 0. The number of hydrogen-bond donors (Lipinski definition) is 2. The number of rotatable bonds is 4. The number of aromatic amines is 1. The molecule has 45 heavy (non-hydrogen) atoms. The molecule has 6 unspecified atom stereocenters. The van der Waals surface area contributed by atoms with Crippen LogP contribution in [0.1, 0.15) is 70.2 Å². The van der Waals surface area contributed by atoms with E-state index in [4.69, 9.17) is 14.6 Å². The van der Waals surface area contributed by atoms with Gasteiger partial charge >= 0.3 is 5.97 Å². The predicted octanol–water partition coefficient (Wildman–Crippen LogP) is 6.45. The van der Waals surface area contributed by atoms with Crippen LogP contribution < -0.4 is 0 Å². The number of carboxylic acids is 1. The molecule has 2 bridgehead atoms. The van der Waals surface area contributed by atoms with Crippen molar-refractivity contribution < 1.29 is 24.2 Å². The van der Waals surface area contributed by atoms with Crippen molar-refractivity contribution >= 4 is 22.7 Å². The number of aromatic nitrogens is 1. The van der Waals surface area contributed by atoms with Crippen molar-refractivity contribution in [3.8, 4) is 0 Å². The molecule has 0 radical (unpaired) electrons. The molecule has 1 saturated heterocycles. The molecular formula is C38H46N2O5. The lowest BCUT2D eigenvalue weighted by atomic mass is 9.44. The van der Waals surface area contributed by atoms with Crippen molar-refractivity contribution in [2.75, 3.05) is 14.1 Å². The van der Waals surface area contributed by atoms with Crippen LogP contribution in [-0.4, -0.2) is 64.4 Å². The maximum Gasteiger partial charge on any atom is 0.321 e. The van der Waals surface area contributed by atoms with Crippen molar-refractivity contribution in [2.45, 2.75) is 95.2 Å². The van der Waals surface area contributed by atoms with Crippen molar-refractivity contribution in [2.24, 2.45) is 17.3 Å². The highest BCUT2D eigenvalue weighted by Crippen LogP contribution is 2.70. The zero-order valence-electron chi connectivity index (χ0n) is 27.4. The molecule has 7 atom stereocenters. The van der Waals surface area contributed by atoms with Crippen LogP contribution in [0.3, 0.4) is 0 Å². The van der Waals surface area contributed by atoms with Crippen LogP contribution in [0.2, 0.25) is 0 Å². The first-order valence-electron chi connectivity index (χ1n) is 16.5. The SMILES string of the molecule is CC1(C)OC23CCC4(C)C(CCC5Cc6c([nH]c7ccccc67)[C@@]54C)C2=CC(=O)C1O3.CN(C)C(Cc1ccccc1)C(=O)O. The fraction of sp³-hybridized carbons (Fsp3) is 0.526. The molecule has 5 aliphatic rings. The highest BCUT2D eigenvalue weighted by molar-refractivity contribution is 5.97. The Balaban J connectivity index is 0.000000197. The number of benzene rings is 2. The average Bonchev–Trinajstić information content (AvgIpc) is 3.59. The summed E-state index contributed by atoms with van der Waals surface area (Å²) in [5.74, 6) is -0.444. The molecule has 238 valence electrons. The third-order valence-corrected chi connectivity index (χ3v) is 12.3. The summed E-state index contributed by atoms with van der Waals surface area (Å²) in [4.78, 5) is 29.5. The van der Waals surface area contributed by atoms with Gasteiger partial charge in [-0.2, -0.15) is 0 Å². The van der Waals surface area contributed by atoms with Gasteiger partial charge in [0.25, 0.3) is 0 Å². The maximum atomic E-state index is 13.0. The van der Waals surface area contributed by atoms with E-state index in [0.29, 0.717) is 18.3 Å². The lowest BCUT2D eigenvalue weighted by Crippen LogP contribution is -2.60. The number of ether oxygens (including phenoxy) is 2. The highest BCUT2D eigenvalue weighted by Gasteiger charge is 2.69. The third kappa shape index (κ3) is 4.41. The minimum absolute atomic E-state index is 0.0563. The number of H-pyrrole nitrogens is 1. The molecule has 1 spiro atoms. The molecule has 7 heteroatoms. The minimum Gasteiger partial charge on any atom is -0.480 e. The van der Waals surface area contributed by atoms with E-state index in [1.165, 1.54) is 28.6 Å². The molecule has 0 amide bonds. The second kappa shape index (κ2) is 10.4. The number of ketones is 1. The van der Waals surface area contributed by atoms with E-state index in [0.717, 1.165) is 36.8 Å². The summed E-state index contributed by atoms with van der Waals surface area (Å²) in [5.41, 5.74) is 5.94. The quantitative estimate of drug-likeness (QED) is 0.353. The number of fused-ring (bicyclic) bond motifs is 9. The first kappa shape index (κ1) is 30.4. The number of carbonyl (C=O) groups excluding carboxylic acids is 1. The third-order valence-electron chi connectivity index (χ3n) is 12.3. The molecule has 1 aromatic heterocycles. The number of nitrogens with one attached hydrogen (secondary N) is 1. The molecular weight excluding hydrogens is 564 g/mol. The Kier molecular flexibility index (Phi) is 7.01. The summed E-state index contributed by atoms with van der Waals surface area (Å²) in [5, 5.41) is 10.4. The van der Waals surface area contributed by atoms with E-state index in [9.17, 15) is 9.59 Å². The van der Waals surface area contributed by atoms with Gasteiger partial charge in [0.1, 0.15) is 11.6 Å². The number of aliphatic carboxylic acids is 1. The molecule has 2 N–H and O–H groups in total. The molecule has 2 aliphatic heterocycles. The number of nitrogens with zero attached hydrogens (tertiary/aromatic N) is 1. The van der Waals surface area contributed by atoms with Crippen LogP contribution in [0.15, 0.2) is 66.2 Å². The first-order valence-corrected chi connectivity index (χ1v) is 16.5. The van der Waals surface area contributed by atoms with Gasteiger partial charge in [0, 0.05) is 28.4 Å². The second-order valence-corrected chi connectivity index (χ2v) is 15.1. The zero-order valence-corrected chi connectivity index (χ0v) is 27.4. The first-order chi connectivity index (χ1) is 21.3. The molecule has 2 aromatic carbocycles. The lowest BCUT2D eigenvalue weighted by molar-refractivity contribution is -0.205. The number of hydrogen-bond acceptors (Lipinski definition) is 5. The van der Waals surface area contributed by atoms with E-state index in [1.54, 1.807) is 19.0 Å². The fourth-order valence-electron chi connectivity index (χ4n) is 9.71. The second-order valence-electron chi connectivity index (χ2n) is 15.1. The van der Waals surface area contributed by atoms with Gasteiger partial charge in [0.2, 0.25) is 0 Å². The average molecular weight is 611 g/mol. The van der Waals surface area contributed by atoms with Crippen LogP contribution in [-0.2, 0) is 37.3 Å². The smallest absolute Gasteiger partial charge is 0.321 e. The Labute approximate surface area is 266 Å². The van der Waals surface area contributed by atoms with Crippen molar-refractivity contribution in [3.05, 3.63) is 83.1 Å². The summed E-state index contributed by atoms with van der Waals surface area (Å²) in [6.07, 6.45) is 7.33. The normalized spacial score (nSPS) is 34.6. The molecule has 2 saturated carbocycles. The van der Waals surface area contributed by atoms with Gasteiger partial charge in [-0.25, -0.2) is 0 Å². The van der Waals surface area contributed by atoms with Crippen molar-refractivity contribution in [1.29, 1.82) is 0 Å².